The summed E-state index contributed by atoms with van der Waals surface area (Å²) in [5.41, 5.74) is 0. The molecule has 1 atom stereocenters. The maximum absolute atomic E-state index is 12.3. The van der Waals surface area contributed by atoms with Crippen LogP contribution in [0.1, 0.15) is 322 Å². The smallest absolute Gasteiger partial charge is 0.306 e. The van der Waals surface area contributed by atoms with Crippen LogP contribution in [0.15, 0.2) is 0 Å². The molecule has 0 radical (unpaired) electrons. The van der Waals surface area contributed by atoms with Crippen LogP contribution in [0, 0.1) is 0 Å². The SMILES string of the molecule is CCCCCCCCCCCCCCCCCCCCCCCCCCCCCCCCCCC(=O)OC(CO)COC(=O)CCCCCCCCCCCCCCCC. The molecule has 0 aromatic rings. The van der Waals surface area contributed by atoms with Crippen LogP contribution in [0.25, 0.3) is 0 Å². The normalized spacial score (nSPS) is 12.0. The summed E-state index contributed by atoms with van der Waals surface area (Å²) in [4.78, 5) is 24.4. The predicted molar refractivity (Wildman–Crippen MR) is 261 cm³/mol. The Balaban J connectivity index is 3.35. The van der Waals surface area contributed by atoms with Gasteiger partial charge in [0, 0.05) is 12.8 Å². The molecular weight excluding hydrogens is 741 g/mol. The number of carbonyl (C=O) groups is 2. The second-order valence-corrected chi connectivity index (χ2v) is 19.0. The van der Waals surface area contributed by atoms with Gasteiger partial charge in [-0.05, 0) is 12.8 Å². The number of aliphatic hydroxyl groups is 1. The van der Waals surface area contributed by atoms with Crippen molar-refractivity contribution in [3.63, 3.8) is 0 Å². The Hall–Kier alpha value is -1.10. The third-order valence-corrected chi connectivity index (χ3v) is 12.9. The molecule has 0 bridgehead atoms. The fourth-order valence-corrected chi connectivity index (χ4v) is 8.74. The Morgan fingerprint density at radius 3 is 0.733 bits per heavy atom. The average Bonchev–Trinajstić information content (AvgIpc) is 3.25. The molecule has 0 saturated heterocycles. The lowest BCUT2D eigenvalue weighted by atomic mass is 10.0. The lowest BCUT2D eigenvalue weighted by Crippen LogP contribution is -2.28. The van der Waals surface area contributed by atoms with Gasteiger partial charge in [-0.3, -0.25) is 9.59 Å². The van der Waals surface area contributed by atoms with Gasteiger partial charge in [-0.2, -0.15) is 0 Å². The molecule has 0 aromatic heterocycles. The number of aliphatic hydroxyl groups excluding tert-OH is 1. The van der Waals surface area contributed by atoms with E-state index in [1.54, 1.807) is 0 Å². The molecule has 0 heterocycles. The fourth-order valence-electron chi connectivity index (χ4n) is 8.74. The first kappa shape index (κ1) is 58.9. The number of rotatable bonds is 52. The molecule has 0 spiro atoms. The Kier molecular flexibility index (Phi) is 51.3. The maximum atomic E-state index is 12.3. The van der Waals surface area contributed by atoms with E-state index in [-0.39, 0.29) is 25.2 Å². The van der Waals surface area contributed by atoms with Crippen molar-refractivity contribution in [2.45, 2.75) is 328 Å². The maximum Gasteiger partial charge on any atom is 0.306 e. The van der Waals surface area contributed by atoms with Crippen molar-refractivity contribution < 1.29 is 24.2 Å². The zero-order valence-electron chi connectivity index (χ0n) is 41.0. The van der Waals surface area contributed by atoms with Crippen LogP contribution in [-0.4, -0.2) is 36.4 Å². The predicted octanol–water partition coefficient (Wildman–Crippen LogP) is 18.2. The number of esters is 2. The molecule has 0 aliphatic heterocycles. The zero-order valence-corrected chi connectivity index (χ0v) is 41.0. The highest BCUT2D eigenvalue weighted by Gasteiger charge is 2.16. The number of hydrogen-bond donors (Lipinski definition) is 1. The molecule has 0 aromatic carbocycles. The van der Waals surface area contributed by atoms with Gasteiger partial charge in [0.1, 0.15) is 6.61 Å². The number of hydrogen-bond acceptors (Lipinski definition) is 5. The molecule has 60 heavy (non-hydrogen) atoms. The van der Waals surface area contributed by atoms with E-state index in [0.29, 0.717) is 12.8 Å². The van der Waals surface area contributed by atoms with Crippen LogP contribution in [0.2, 0.25) is 0 Å². The molecule has 1 unspecified atom stereocenters. The van der Waals surface area contributed by atoms with E-state index in [2.05, 4.69) is 13.8 Å². The molecular formula is C55H108O5. The molecule has 358 valence electrons. The van der Waals surface area contributed by atoms with Crippen LogP contribution < -0.4 is 0 Å². The Labute approximate surface area is 376 Å². The van der Waals surface area contributed by atoms with Crippen molar-refractivity contribution in [1.29, 1.82) is 0 Å². The molecule has 1 N–H and O–H groups in total. The van der Waals surface area contributed by atoms with Gasteiger partial charge < -0.3 is 14.6 Å². The first-order valence-corrected chi connectivity index (χ1v) is 27.6. The van der Waals surface area contributed by atoms with E-state index in [4.69, 9.17) is 9.47 Å². The summed E-state index contributed by atoms with van der Waals surface area (Å²) < 4.78 is 10.7. The molecule has 0 amide bonds. The lowest BCUT2D eigenvalue weighted by Gasteiger charge is -2.15. The minimum absolute atomic E-state index is 0.0562. The molecule has 0 aliphatic rings. The summed E-state index contributed by atoms with van der Waals surface area (Å²) in [6.07, 6.45) is 62.3. The summed E-state index contributed by atoms with van der Waals surface area (Å²) in [5.74, 6) is -0.567. The molecule has 0 fully saturated rings. The Morgan fingerprint density at radius 1 is 0.317 bits per heavy atom. The van der Waals surface area contributed by atoms with Gasteiger partial charge in [0.25, 0.3) is 0 Å². The first-order valence-electron chi connectivity index (χ1n) is 27.6. The van der Waals surface area contributed by atoms with Gasteiger partial charge in [0.15, 0.2) is 6.10 Å². The highest BCUT2D eigenvalue weighted by molar-refractivity contribution is 5.70. The van der Waals surface area contributed by atoms with Crippen LogP contribution in [-0.2, 0) is 19.1 Å². The third-order valence-electron chi connectivity index (χ3n) is 12.9. The lowest BCUT2D eigenvalue weighted by molar-refractivity contribution is -0.161. The second-order valence-electron chi connectivity index (χ2n) is 19.0. The van der Waals surface area contributed by atoms with E-state index in [1.165, 1.54) is 263 Å². The van der Waals surface area contributed by atoms with Gasteiger partial charge >= 0.3 is 11.9 Å². The van der Waals surface area contributed by atoms with Crippen molar-refractivity contribution in [3.05, 3.63) is 0 Å². The number of unbranched alkanes of at least 4 members (excludes halogenated alkanes) is 44. The quantitative estimate of drug-likeness (QED) is 0.0488. The summed E-state index contributed by atoms with van der Waals surface area (Å²) in [6, 6.07) is 0. The molecule has 0 saturated carbocycles. The molecule has 5 nitrogen and oxygen atoms in total. The van der Waals surface area contributed by atoms with E-state index in [1.807, 2.05) is 0 Å². The Bertz CT molecular complexity index is 830. The standard InChI is InChI=1S/C55H108O5/c1-3-5-7-9-11-13-15-17-19-20-21-22-23-24-25-26-27-28-29-30-31-32-33-34-35-36-38-40-42-44-46-48-50-55(58)60-53(51-56)52-59-54(57)49-47-45-43-41-39-37-18-16-14-12-10-8-6-4-2/h53,56H,3-52H2,1-2H3. The molecule has 0 aliphatic carbocycles. The highest BCUT2D eigenvalue weighted by Crippen LogP contribution is 2.18. The van der Waals surface area contributed by atoms with Gasteiger partial charge in [0.05, 0.1) is 6.61 Å². The zero-order chi connectivity index (χ0) is 43.5. The van der Waals surface area contributed by atoms with Crippen molar-refractivity contribution in [2.75, 3.05) is 13.2 Å². The van der Waals surface area contributed by atoms with E-state index < -0.39 is 6.10 Å². The van der Waals surface area contributed by atoms with Crippen molar-refractivity contribution >= 4 is 11.9 Å². The van der Waals surface area contributed by atoms with Crippen LogP contribution >= 0.6 is 0 Å². The van der Waals surface area contributed by atoms with Gasteiger partial charge in [0.2, 0.25) is 0 Å². The van der Waals surface area contributed by atoms with Gasteiger partial charge in [-0.25, -0.2) is 0 Å². The van der Waals surface area contributed by atoms with E-state index in [0.717, 1.165) is 32.1 Å². The average molecular weight is 849 g/mol. The van der Waals surface area contributed by atoms with Gasteiger partial charge in [-0.15, -0.1) is 0 Å². The Morgan fingerprint density at radius 2 is 0.517 bits per heavy atom. The van der Waals surface area contributed by atoms with Crippen LogP contribution in [0.5, 0.6) is 0 Å². The molecule has 5 heteroatoms. The van der Waals surface area contributed by atoms with Crippen molar-refractivity contribution in [3.8, 4) is 0 Å². The number of carbonyl (C=O) groups excluding carboxylic acids is 2. The highest BCUT2D eigenvalue weighted by atomic mass is 16.6. The molecule has 0 rings (SSSR count). The van der Waals surface area contributed by atoms with Crippen molar-refractivity contribution in [1.82, 2.24) is 0 Å². The fraction of sp³-hybridized carbons (Fsp3) is 0.964. The summed E-state index contributed by atoms with van der Waals surface area (Å²) in [5, 5.41) is 9.62. The van der Waals surface area contributed by atoms with Crippen molar-refractivity contribution in [2.24, 2.45) is 0 Å². The minimum Gasteiger partial charge on any atom is -0.462 e. The largest absolute Gasteiger partial charge is 0.462 e. The van der Waals surface area contributed by atoms with Gasteiger partial charge in [-0.1, -0.05) is 296 Å². The second kappa shape index (κ2) is 52.2. The monoisotopic (exact) mass is 849 g/mol. The third kappa shape index (κ3) is 49.6. The van der Waals surface area contributed by atoms with Crippen LogP contribution in [0.4, 0.5) is 0 Å². The minimum atomic E-state index is -0.763. The van der Waals surface area contributed by atoms with E-state index >= 15 is 0 Å². The number of ether oxygens (including phenoxy) is 2. The summed E-state index contributed by atoms with van der Waals surface area (Å²) >= 11 is 0. The van der Waals surface area contributed by atoms with E-state index in [9.17, 15) is 14.7 Å². The van der Waals surface area contributed by atoms with Crippen LogP contribution in [0.3, 0.4) is 0 Å². The summed E-state index contributed by atoms with van der Waals surface area (Å²) in [7, 11) is 0. The first-order chi connectivity index (χ1) is 29.6. The summed E-state index contributed by atoms with van der Waals surface area (Å²) in [6.45, 7) is 4.19. The topological polar surface area (TPSA) is 72.8 Å².